The molecule has 0 atom stereocenters. The summed E-state index contributed by atoms with van der Waals surface area (Å²) in [4.78, 5) is 28.9. The molecule has 0 saturated heterocycles. The second-order valence-electron chi connectivity index (χ2n) is 9.37. The SMILES string of the molecule is CC(C)C(=O)Nc1cncc(-c2ccc3[nH]nc(-c4nc5c(C6=C(F)C=CCC6)cncc5[nH]4)c3c2)c1. The van der Waals surface area contributed by atoms with Crippen LogP contribution in [-0.2, 0) is 4.79 Å². The van der Waals surface area contributed by atoms with Gasteiger partial charge in [0.1, 0.15) is 11.5 Å². The van der Waals surface area contributed by atoms with Crippen LogP contribution >= 0.6 is 0 Å². The molecule has 37 heavy (non-hydrogen) atoms. The van der Waals surface area contributed by atoms with E-state index in [1.54, 1.807) is 24.8 Å². The maximum Gasteiger partial charge on any atom is 0.226 e. The molecule has 0 bridgehead atoms. The average Bonchev–Trinajstić information content (AvgIpc) is 3.53. The highest BCUT2D eigenvalue weighted by Crippen LogP contribution is 2.35. The summed E-state index contributed by atoms with van der Waals surface area (Å²) >= 11 is 0. The van der Waals surface area contributed by atoms with E-state index in [4.69, 9.17) is 4.98 Å². The minimum atomic E-state index is -0.250. The molecule has 5 aromatic rings. The number of carbonyl (C=O) groups excluding carboxylic acids is 1. The summed E-state index contributed by atoms with van der Waals surface area (Å²) < 4.78 is 14.6. The molecule has 1 aliphatic carbocycles. The molecule has 0 fully saturated rings. The van der Waals surface area contributed by atoms with Gasteiger partial charge in [-0.25, -0.2) is 9.37 Å². The third-order valence-corrected chi connectivity index (χ3v) is 6.48. The number of pyridine rings is 2. The van der Waals surface area contributed by atoms with Crippen LogP contribution in [0.2, 0.25) is 0 Å². The number of H-pyrrole nitrogens is 2. The Hall–Kier alpha value is -4.66. The summed E-state index contributed by atoms with van der Waals surface area (Å²) in [6.45, 7) is 3.69. The highest BCUT2D eigenvalue weighted by atomic mass is 19.1. The number of nitrogens with zero attached hydrogens (tertiary/aromatic N) is 4. The third-order valence-electron chi connectivity index (χ3n) is 6.48. The van der Waals surface area contributed by atoms with E-state index in [1.165, 1.54) is 6.08 Å². The fourth-order valence-corrected chi connectivity index (χ4v) is 4.49. The van der Waals surface area contributed by atoms with Crippen molar-refractivity contribution in [3.05, 3.63) is 72.6 Å². The molecule has 3 N–H and O–H groups in total. The first-order valence-corrected chi connectivity index (χ1v) is 12.1. The standard InChI is InChI=1S/C28H24FN7O/c1-15(2)28(37)32-18-9-17(11-30-12-18)16-7-8-23-20(10-16)26(36-35-23)27-33-24-14-31-13-21(25(24)34-27)19-5-3-4-6-22(19)29/h4,6-15H,3,5H2,1-2H3,(H,32,37)(H,33,34)(H,35,36). The quantitative estimate of drug-likeness (QED) is 0.270. The van der Waals surface area contributed by atoms with Crippen molar-refractivity contribution in [2.24, 2.45) is 5.92 Å². The van der Waals surface area contributed by atoms with Crippen molar-refractivity contribution in [1.29, 1.82) is 0 Å². The predicted octanol–water partition coefficient (Wildman–Crippen LogP) is 6.19. The van der Waals surface area contributed by atoms with E-state index in [2.05, 4.69) is 30.5 Å². The van der Waals surface area contributed by atoms with Gasteiger partial charge in [0.05, 0.1) is 34.6 Å². The summed E-state index contributed by atoms with van der Waals surface area (Å²) in [5.74, 6) is 0.122. The van der Waals surface area contributed by atoms with Gasteiger partial charge < -0.3 is 10.3 Å². The topological polar surface area (TPSA) is 112 Å². The van der Waals surface area contributed by atoms with Crippen LogP contribution in [0.5, 0.6) is 0 Å². The maximum atomic E-state index is 14.6. The number of anilines is 1. The number of hydrogen-bond donors (Lipinski definition) is 3. The van der Waals surface area contributed by atoms with Gasteiger partial charge in [-0.3, -0.25) is 19.9 Å². The average molecular weight is 494 g/mol. The monoisotopic (exact) mass is 493 g/mol. The number of imidazole rings is 1. The normalized spacial score (nSPS) is 13.7. The Morgan fingerprint density at radius 1 is 1.05 bits per heavy atom. The summed E-state index contributed by atoms with van der Waals surface area (Å²) in [6, 6.07) is 7.83. The van der Waals surface area contributed by atoms with Gasteiger partial charge in [0, 0.05) is 34.8 Å². The molecule has 9 heteroatoms. The molecule has 4 aromatic heterocycles. The Bertz CT molecular complexity index is 1730. The summed E-state index contributed by atoms with van der Waals surface area (Å²) in [7, 11) is 0. The lowest BCUT2D eigenvalue weighted by Crippen LogP contribution is -2.17. The number of benzene rings is 1. The molecule has 0 aliphatic heterocycles. The molecule has 0 spiro atoms. The van der Waals surface area contributed by atoms with E-state index in [0.717, 1.165) is 28.5 Å². The van der Waals surface area contributed by atoms with E-state index in [1.807, 2.05) is 44.2 Å². The van der Waals surface area contributed by atoms with Crippen LogP contribution in [-0.4, -0.2) is 36.0 Å². The molecule has 0 saturated carbocycles. The molecular weight excluding hydrogens is 469 g/mol. The Morgan fingerprint density at radius 2 is 1.92 bits per heavy atom. The van der Waals surface area contributed by atoms with Crippen LogP contribution in [0, 0.1) is 5.92 Å². The van der Waals surface area contributed by atoms with E-state index in [0.29, 0.717) is 45.8 Å². The number of allylic oxidation sites excluding steroid dienone is 4. The van der Waals surface area contributed by atoms with E-state index in [-0.39, 0.29) is 17.7 Å². The number of rotatable bonds is 5. The van der Waals surface area contributed by atoms with Gasteiger partial charge in [0.2, 0.25) is 5.91 Å². The van der Waals surface area contributed by atoms with Crippen molar-refractivity contribution in [2.75, 3.05) is 5.32 Å². The van der Waals surface area contributed by atoms with Crippen molar-refractivity contribution >= 4 is 39.1 Å². The first-order valence-electron chi connectivity index (χ1n) is 12.1. The Balaban J connectivity index is 1.41. The van der Waals surface area contributed by atoms with Crippen molar-refractivity contribution in [3.63, 3.8) is 0 Å². The van der Waals surface area contributed by atoms with E-state index >= 15 is 0 Å². The van der Waals surface area contributed by atoms with E-state index < -0.39 is 0 Å². The van der Waals surface area contributed by atoms with Crippen molar-refractivity contribution in [1.82, 2.24) is 30.1 Å². The lowest BCUT2D eigenvalue weighted by Gasteiger charge is -2.10. The molecule has 1 aromatic carbocycles. The Labute approximate surface area is 211 Å². The van der Waals surface area contributed by atoms with Crippen LogP contribution in [0.4, 0.5) is 10.1 Å². The molecule has 1 amide bonds. The lowest BCUT2D eigenvalue weighted by molar-refractivity contribution is -0.118. The number of halogens is 1. The molecule has 6 rings (SSSR count). The van der Waals surface area contributed by atoms with Crippen molar-refractivity contribution in [2.45, 2.75) is 26.7 Å². The predicted molar refractivity (Wildman–Crippen MR) is 142 cm³/mol. The highest BCUT2D eigenvalue weighted by Gasteiger charge is 2.19. The fourth-order valence-electron chi connectivity index (χ4n) is 4.49. The van der Waals surface area contributed by atoms with Crippen molar-refractivity contribution in [3.8, 4) is 22.6 Å². The Kier molecular flexibility index (Phi) is 5.60. The molecule has 4 heterocycles. The van der Waals surface area contributed by atoms with Crippen LogP contribution in [0.3, 0.4) is 0 Å². The number of aromatic nitrogens is 6. The largest absolute Gasteiger partial charge is 0.335 e. The molecule has 8 nitrogen and oxygen atoms in total. The lowest BCUT2D eigenvalue weighted by atomic mass is 9.97. The first kappa shape index (κ1) is 22.8. The van der Waals surface area contributed by atoms with Gasteiger partial charge >= 0.3 is 0 Å². The zero-order chi connectivity index (χ0) is 25.5. The van der Waals surface area contributed by atoms with E-state index in [9.17, 15) is 9.18 Å². The van der Waals surface area contributed by atoms with Gasteiger partial charge in [-0.2, -0.15) is 5.10 Å². The minimum Gasteiger partial charge on any atom is -0.335 e. The van der Waals surface area contributed by atoms with Crippen LogP contribution in [0.15, 0.2) is 67.0 Å². The maximum absolute atomic E-state index is 14.6. The van der Waals surface area contributed by atoms with Gasteiger partial charge in [-0.1, -0.05) is 26.0 Å². The zero-order valence-electron chi connectivity index (χ0n) is 20.3. The van der Waals surface area contributed by atoms with Gasteiger partial charge in [0.15, 0.2) is 5.82 Å². The highest BCUT2D eigenvalue weighted by molar-refractivity contribution is 5.98. The molecule has 1 aliphatic rings. The minimum absolute atomic E-state index is 0.0647. The van der Waals surface area contributed by atoms with Crippen molar-refractivity contribution < 1.29 is 9.18 Å². The number of nitrogens with one attached hydrogen (secondary N) is 3. The molecule has 0 radical (unpaired) electrons. The van der Waals surface area contributed by atoms with Gasteiger partial charge in [-0.05, 0) is 48.3 Å². The summed E-state index contributed by atoms with van der Waals surface area (Å²) in [5, 5.41) is 11.4. The second-order valence-corrected chi connectivity index (χ2v) is 9.37. The first-order chi connectivity index (χ1) is 18.0. The Morgan fingerprint density at radius 3 is 2.76 bits per heavy atom. The molecular formula is C28H24FN7O. The number of amides is 1. The molecule has 184 valence electrons. The van der Waals surface area contributed by atoms with Gasteiger partial charge in [-0.15, -0.1) is 0 Å². The second kappa shape index (κ2) is 9.09. The smallest absolute Gasteiger partial charge is 0.226 e. The number of hydrogen-bond acceptors (Lipinski definition) is 5. The zero-order valence-corrected chi connectivity index (χ0v) is 20.3. The number of fused-ring (bicyclic) bond motifs is 2. The molecule has 0 unspecified atom stereocenters. The summed E-state index contributed by atoms with van der Waals surface area (Å²) in [6.07, 6.45) is 11.5. The number of carbonyl (C=O) groups is 1. The van der Waals surface area contributed by atoms with Crippen LogP contribution in [0.25, 0.3) is 50.2 Å². The van der Waals surface area contributed by atoms with Crippen LogP contribution in [0.1, 0.15) is 32.3 Å². The van der Waals surface area contributed by atoms with Crippen LogP contribution < -0.4 is 5.32 Å². The number of aromatic amines is 2. The summed E-state index contributed by atoms with van der Waals surface area (Å²) in [5.41, 5.74) is 6.60. The van der Waals surface area contributed by atoms with Gasteiger partial charge in [0.25, 0.3) is 0 Å². The fraction of sp³-hybridized carbons (Fsp3) is 0.179. The third kappa shape index (κ3) is 4.18.